The average molecular weight is 389 g/mol. The molecule has 1 amide bonds. The number of carbonyl (C=O) groups is 1. The molecule has 122 valence electrons. The first-order valence-corrected chi connectivity index (χ1v) is 7.02. The topological polar surface area (TPSA) is 92.1 Å². The van der Waals surface area contributed by atoms with E-state index >= 15 is 0 Å². The third kappa shape index (κ3) is 4.03. The van der Waals surface area contributed by atoms with Crippen LogP contribution < -0.4 is 11.4 Å². The van der Waals surface area contributed by atoms with Gasteiger partial charge in [0.2, 0.25) is 0 Å². The Bertz CT molecular complexity index is 816. The first-order valence-electron chi connectivity index (χ1n) is 6.22. The van der Waals surface area contributed by atoms with Crippen LogP contribution in [0.5, 0.6) is 0 Å². The summed E-state index contributed by atoms with van der Waals surface area (Å²) in [5.74, 6) is -0.626. The van der Waals surface area contributed by atoms with E-state index in [-0.39, 0.29) is 24.1 Å². The van der Waals surface area contributed by atoms with Gasteiger partial charge in [0.1, 0.15) is 18.8 Å². The molecule has 0 atom stereocenters. The molecule has 2 aromatic rings. The summed E-state index contributed by atoms with van der Waals surface area (Å²) in [5.41, 5.74) is 4.08. The number of halogens is 3. The lowest BCUT2D eigenvalue weighted by molar-refractivity contribution is 0.164. The molecule has 0 fully saturated rings. The molecule has 0 aliphatic heterocycles. The molecule has 1 aromatic carbocycles. The van der Waals surface area contributed by atoms with Crippen LogP contribution in [0.15, 0.2) is 45.7 Å². The quantitative estimate of drug-likeness (QED) is 0.846. The third-order valence-corrected chi connectivity index (χ3v) is 3.30. The summed E-state index contributed by atoms with van der Waals surface area (Å²) >= 11 is 3.11. The second-order valence-corrected chi connectivity index (χ2v) is 5.33. The van der Waals surface area contributed by atoms with Crippen molar-refractivity contribution in [3.05, 3.63) is 57.2 Å². The van der Waals surface area contributed by atoms with E-state index in [9.17, 15) is 18.4 Å². The Kier molecular flexibility index (Phi) is 5.27. The van der Waals surface area contributed by atoms with Gasteiger partial charge in [-0.15, -0.1) is 0 Å². The number of ether oxygens (including phenoxy) is 1. The van der Waals surface area contributed by atoms with Crippen LogP contribution in [0.4, 0.5) is 13.6 Å². The minimum absolute atomic E-state index is 0.00335. The molecule has 0 aliphatic rings. The third-order valence-electron chi connectivity index (χ3n) is 2.81. The maximum absolute atomic E-state index is 13.9. The lowest BCUT2D eigenvalue weighted by Gasteiger charge is -2.05. The summed E-state index contributed by atoms with van der Waals surface area (Å²) in [6.45, 7) is -0.689. The fourth-order valence-electron chi connectivity index (χ4n) is 1.76. The Morgan fingerprint density at radius 3 is 2.83 bits per heavy atom. The number of rotatable bonds is 5. The molecule has 0 saturated carbocycles. The number of amides is 1. The Hall–Kier alpha value is -2.49. The number of aromatic nitrogens is 3. The van der Waals surface area contributed by atoms with Gasteiger partial charge in [-0.2, -0.15) is 5.10 Å². The lowest BCUT2D eigenvalue weighted by Crippen LogP contribution is -2.26. The summed E-state index contributed by atoms with van der Waals surface area (Å²) in [7, 11) is 0. The zero-order valence-electron chi connectivity index (χ0n) is 11.6. The second-order valence-electron chi connectivity index (χ2n) is 4.41. The number of carbonyl (C=O) groups excluding carboxylic acids is 1. The van der Waals surface area contributed by atoms with Gasteiger partial charge < -0.3 is 10.5 Å². The lowest BCUT2D eigenvalue weighted by atomic mass is 10.3. The normalized spacial score (nSPS) is 11.5. The van der Waals surface area contributed by atoms with Crippen LogP contribution in [0.25, 0.3) is 5.69 Å². The van der Waals surface area contributed by atoms with Gasteiger partial charge in [0.25, 0.3) is 0 Å². The molecule has 0 radical (unpaired) electrons. The second kappa shape index (κ2) is 7.18. The molecule has 1 aromatic heterocycles. The molecule has 0 spiro atoms. The maximum Gasteiger partial charge on any atom is 0.404 e. The average Bonchev–Trinajstić information content (AvgIpc) is 2.84. The van der Waals surface area contributed by atoms with Crippen LogP contribution >= 0.6 is 15.9 Å². The van der Waals surface area contributed by atoms with Gasteiger partial charge in [0.05, 0.1) is 18.6 Å². The van der Waals surface area contributed by atoms with Crippen LogP contribution in [0.3, 0.4) is 0 Å². The number of hydrogen-bond donors (Lipinski definition) is 1. The summed E-state index contributed by atoms with van der Waals surface area (Å²) in [5, 5.41) is 3.78. The molecule has 23 heavy (non-hydrogen) atoms. The molecule has 0 saturated heterocycles. The Balaban J connectivity index is 2.25. The predicted octanol–water partition coefficient (Wildman–Crippen LogP) is 1.88. The highest BCUT2D eigenvalue weighted by atomic mass is 79.9. The fraction of sp³-hybridized carbons (Fsp3) is 0.154. The zero-order valence-corrected chi connectivity index (χ0v) is 13.2. The molecular weight excluding hydrogens is 378 g/mol. The summed E-state index contributed by atoms with van der Waals surface area (Å²) in [4.78, 5) is 22.7. The minimum atomic E-state index is -1.07. The van der Waals surface area contributed by atoms with Crippen molar-refractivity contribution in [3.8, 4) is 5.69 Å². The highest BCUT2D eigenvalue weighted by Crippen LogP contribution is 2.17. The van der Waals surface area contributed by atoms with Gasteiger partial charge in [-0.3, -0.25) is 0 Å². The predicted molar refractivity (Wildman–Crippen MR) is 80.2 cm³/mol. The molecule has 0 aliphatic carbocycles. The van der Waals surface area contributed by atoms with Crippen LogP contribution in [-0.2, 0) is 11.3 Å². The monoisotopic (exact) mass is 388 g/mol. The molecule has 0 unspecified atom stereocenters. The molecule has 1 heterocycles. The number of primary amides is 1. The van der Waals surface area contributed by atoms with E-state index < -0.39 is 24.2 Å². The van der Waals surface area contributed by atoms with Crippen LogP contribution in [0.1, 0.15) is 0 Å². The Morgan fingerprint density at radius 1 is 1.48 bits per heavy atom. The Morgan fingerprint density at radius 2 is 2.22 bits per heavy atom. The number of hydrogen-bond acceptors (Lipinski definition) is 4. The number of nitrogens with zero attached hydrogens (tertiary/aromatic N) is 3. The van der Waals surface area contributed by atoms with Gasteiger partial charge in [-0.1, -0.05) is 15.9 Å². The highest BCUT2D eigenvalue weighted by Gasteiger charge is 2.13. The van der Waals surface area contributed by atoms with Crippen molar-refractivity contribution in [1.29, 1.82) is 0 Å². The van der Waals surface area contributed by atoms with E-state index in [0.29, 0.717) is 4.47 Å². The number of benzene rings is 1. The van der Waals surface area contributed by atoms with Crippen molar-refractivity contribution in [2.24, 2.45) is 5.73 Å². The van der Waals surface area contributed by atoms with E-state index in [2.05, 4.69) is 25.8 Å². The molecule has 2 N–H and O–H groups in total. The zero-order chi connectivity index (χ0) is 17.0. The summed E-state index contributed by atoms with van der Waals surface area (Å²) in [6, 6.07) is 4.16. The molecule has 0 bridgehead atoms. The smallest absolute Gasteiger partial charge is 0.404 e. The van der Waals surface area contributed by atoms with Gasteiger partial charge in [0.15, 0.2) is 0 Å². The van der Waals surface area contributed by atoms with Crippen LogP contribution in [-0.4, -0.2) is 27.0 Å². The van der Waals surface area contributed by atoms with E-state index in [1.165, 1.54) is 12.1 Å². The van der Waals surface area contributed by atoms with E-state index in [0.717, 1.165) is 15.6 Å². The van der Waals surface area contributed by atoms with Crippen molar-refractivity contribution in [3.63, 3.8) is 0 Å². The van der Waals surface area contributed by atoms with E-state index in [1.807, 2.05) is 0 Å². The Labute approximate surface area is 137 Å². The van der Waals surface area contributed by atoms with E-state index in [1.54, 1.807) is 6.07 Å². The van der Waals surface area contributed by atoms with Gasteiger partial charge in [-0.25, -0.2) is 27.6 Å². The highest BCUT2D eigenvalue weighted by molar-refractivity contribution is 9.10. The van der Waals surface area contributed by atoms with Crippen LogP contribution in [0, 0.1) is 5.82 Å². The van der Waals surface area contributed by atoms with Crippen LogP contribution in [0.2, 0.25) is 0 Å². The van der Waals surface area contributed by atoms with Gasteiger partial charge >= 0.3 is 11.8 Å². The van der Waals surface area contributed by atoms with Crippen molar-refractivity contribution >= 4 is 22.0 Å². The van der Waals surface area contributed by atoms with Crippen molar-refractivity contribution in [2.45, 2.75) is 6.54 Å². The van der Waals surface area contributed by atoms with Crippen molar-refractivity contribution in [2.75, 3.05) is 6.61 Å². The number of nitrogens with two attached hydrogens (primary N) is 1. The molecular formula is C13H11BrF2N4O3. The first kappa shape index (κ1) is 16.9. The minimum Gasteiger partial charge on any atom is -0.445 e. The van der Waals surface area contributed by atoms with Gasteiger partial charge in [-0.05, 0) is 18.2 Å². The van der Waals surface area contributed by atoms with Crippen molar-refractivity contribution in [1.82, 2.24) is 14.3 Å². The van der Waals surface area contributed by atoms with E-state index in [4.69, 9.17) is 5.73 Å². The first-order chi connectivity index (χ1) is 10.9. The SMILES string of the molecule is NC(=O)OCC(=CF)Cn1ncn(-c2ccc(Br)cc2F)c1=O. The summed E-state index contributed by atoms with van der Waals surface area (Å²) in [6.07, 6.45) is 0.229. The fourth-order valence-corrected chi connectivity index (χ4v) is 2.09. The standard InChI is InChI=1S/C13H11BrF2N4O3/c14-9-1-2-11(10(16)3-9)19-7-18-20(13(19)22)5-8(4-15)6-23-12(17)21/h1-4,7H,5-6H2,(H2,17,21). The van der Waals surface area contributed by atoms with Crippen molar-refractivity contribution < 1.29 is 18.3 Å². The largest absolute Gasteiger partial charge is 0.445 e. The molecule has 2 rings (SSSR count). The van der Waals surface area contributed by atoms with Gasteiger partial charge in [0, 0.05) is 10.0 Å². The molecule has 7 nitrogen and oxygen atoms in total. The summed E-state index contributed by atoms with van der Waals surface area (Å²) < 4.78 is 33.5. The molecule has 10 heteroatoms. The maximum atomic E-state index is 13.9.